The second-order valence-electron chi connectivity index (χ2n) is 4.74. The van der Waals surface area contributed by atoms with Crippen molar-refractivity contribution < 1.29 is 14.6 Å². The minimum Gasteiger partial charge on any atom is -0.495 e. The van der Waals surface area contributed by atoms with Crippen molar-refractivity contribution in [3.8, 4) is 5.75 Å². The number of rotatable bonds is 5. The fraction of sp³-hybridized carbons (Fsp3) is 0.462. The molecule has 1 aliphatic rings. The van der Waals surface area contributed by atoms with Gasteiger partial charge < -0.3 is 15.2 Å². The van der Waals surface area contributed by atoms with Crippen LogP contribution in [0.2, 0.25) is 5.02 Å². The molecule has 1 fully saturated rings. The van der Waals surface area contributed by atoms with Crippen molar-refractivity contribution >= 4 is 23.3 Å². The second kappa shape index (κ2) is 4.69. The van der Waals surface area contributed by atoms with Gasteiger partial charge in [-0.25, -0.2) is 0 Å². The van der Waals surface area contributed by atoms with E-state index in [2.05, 4.69) is 5.32 Å². The Morgan fingerprint density at radius 2 is 2.22 bits per heavy atom. The maximum Gasteiger partial charge on any atom is 0.311 e. The molecule has 0 amide bonds. The molecule has 98 valence electrons. The van der Waals surface area contributed by atoms with E-state index in [1.165, 1.54) is 0 Å². The molecule has 2 rings (SSSR count). The van der Waals surface area contributed by atoms with Crippen LogP contribution in [-0.4, -0.2) is 24.7 Å². The number of carboxylic acid groups (broad SMARTS) is 1. The molecular weight excluding hydrogens is 254 g/mol. The first-order chi connectivity index (χ1) is 8.48. The quantitative estimate of drug-likeness (QED) is 0.863. The second-order valence-corrected chi connectivity index (χ2v) is 5.15. The number of hydrogen-bond acceptors (Lipinski definition) is 3. The van der Waals surface area contributed by atoms with Gasteiger partial charge in [-0.05, 0) is 37.5 Å². The van der Waals surface area contributed by atoms with E-state index in [9.17, 15) is 4.79 Å². The van der Waals surface area contributed by atoms with Gasteiger partial charge in [0.15, 0.2) is 0 Å². The summed E-state index contributed by atoms with van der Waals surface area (Å²) < 4.78 is 5.26. The SMILES string of the molecule is COc1cc(C)c(Cl)cc1NCC1(C(=O)O)CC1. The van der Waals surface area contributed by atoms with E-state index in [4.69, 9.17) is 21.4 Å². The van der Waals surface area contributed by atoms with Crippen LogP contribution >= 0.6 is 11.6 Å². The largest absolute Gasteiger partial charge is 0.495 e. The Bertz CT molecular complexity index is 483. The molecule has 0 spiro atoms. The molecular formula is C13H16ClNO3. The molecule has 1 aliphatic carbocycles. The highest BCUT2D eigenvalue weighted by Crippen LogP contribution is 2.46. The fourth-order valence-electron chi connectivity index (χ4n) is 1.84. The van der Waals surface area contributed by atoms with Gasteiger partial charge in [-0.1, -0.05) is 11.6 Å². The van der Waals surface area contributed by atoms with Gasteiger partial charge in [0.1, 0.15) is 5.75 Å². The van der Waals surface area contributed by atoms with Crippen LogP contribution < -0.4 is 10.1 Å². The minimum atomic E-state index is -0.743. The Labute approximate surface area is 111 Å². The van der Waals surface area contributed by atoms with E-state index in [-0.39, 0.29) is 0 Å². The molecule has 1 aromatic carbocycles. The summed E-state index contributed by atoms with van der Waals surface area (Å²) in [6.45, 7) is 2.30. The molecule has 0 bridgehead atoms. The van der Waals surface area contributed by atoms with Crippen molar-refractivity contribution in [3.05, 3.63) is 22.7 Å². The third kappa shape index (κ3) is 2.38. The molecule has 1 aromatic rings. The number of aliphatic carboxylic acids is 1. The molecule has 4 nitrogen and oxygen atoms in total. The summed E-state index contributed by atoms with van der Waals surface area (Å²) in [5.41, 5.74) is 1.06. The van der Waals surface area contributed by atoms with Gasteiger partial charge in [-0.3, -0.25) is 4.79 Å². The summed E-state index contributed by atoms with van der Waals surface area (Å²) in [5.74, 6) is -0.0646. The maximum absolute atomic E-state index is 11.1. The number of nitrogens with one attached hydrogen (secondary N) is 1. The van der Waals surface area contributed by atoms with E-state index in [0.29, 0.717) is 17.3 Å². The van der Waals surface area contributed by atoms with Crippen molar-refractivity contribution in [2.45, 2.75) is 19.8 Å². The van der Waals surface area contributed by atoms with Gasteiger partial charge in [0.2, 0.25) is 0 Å². The van der Waals surface area contributed by atoms with Gasteiger partial charge in [-0.2, -0.15) is 0 Å². The lowest BCUT2D eigenvalue weighted by Gasteiger charge is -2.16. The predicted molar refractivity (Wildman–Crippen MR) is 70.5 cm³/mol. The topological polar surface area (TPSA) is 58.6 Å². The van der Waals surface area contributed by atoms with Crippen LogP contribution in [0.15, 0.2) is 12.1 Å². The number of ether oxygens (including phenoxy) is 1. The summed E-state index contributed by atoms with van der Waals surface area (Å²) in [5, 5.41) is 12.9. The van der Waals surface area contributed by atoms with Crippen LogP contribution in [0.1, 0.15) is 18.4 Å². The van der Waals surface area contributed by atoms with E-state index in [1.807, 2.05) is 13.0 Å². The van der Waals surface area contributed by atoms with Gasteiger partial charge in [-0.15, -0.1) is 0 Å². The zero-order chi connectivity index (χ0) is 13.3. The number of methoxy groups -OCH3 is 1. The standard InChI is InChI=1S/C13H16ClNO3/c1-8-5-11(18-2)10(6-9(8)14)15-7-13(3-4-13)12(16)17/h5-6,15H,3-4,7H2,1-2H3,(H,16,17). The normalized spacial score (nSPS) is 16.2. The number of halogens is 1. The molecule has 18 heavy (non-hydrogen) atoms. The lowest BCUT2D eigenvalue weighted by atomic mass is 10.1. The average molecular weight is 270 g/mol. The van der Waals surface area contributed by atoms with E-state index in [0.717, 1.165) is 24.1 Å². The number of hydrogen-bond donors (Lipinski definition) is 2. The zero-order valence-electron chi connectivity index (χ0n) is 10.4. The monoisotopic (exact) mass is 269 g/mol. The summed E-state index contributed by atoms with van der Waals surface area (Å²) in [4.78, 5) is 11.1. The Kier molecular flexibility index (Phi) is 3.39. The highest BCUT2D eigenvalue weighted by molar-refractivity contribution is 6.31. The number of aryl methyl sites for hydroxylation is 1. The molecule has 0 aliphatic heterocycles. The number of carboxylic acids is 1. The Morgan fingerprint density at radius 1 is 1.56 bits per heavy atom. The van der Waals surface area contributed by atoms with E-state index in [1.54, 1.807) is 13.2 Å². The number of carbonyl (C=O) groups is 1. The van der Waals surface area contributed by atoms with Crippen LogP contribution in [0.3, 0.4) is 0 Å². The lowest BCUT2D eigenvalue weighted by Crippen LogP contribution is -2.24. The number of benzene rings is 1. The van der Waals surface area contributed by atoms with E-state index < -0.39 is 11.4 Å². The first-order valence-corrected chi connectivity index (χ1v) is 6.18. The van der Waals surface area contributed by atoms with Crippen molar-refractivity contribution in [1.82, 2.24) is 0 Å². The minimum absolute atomic E-state index is 0.401. The summed E-state index contributed by atoms with van der Waals surface area (Å²) in [6, 6.07) is 3.61. The highest BCUT2D eigenvalue weighted by atomic mass is 35.5. The van der Waals surface area contributed by atoms with Gasteiger partial charge in [0, 0.05) is 11.6 Å². The summed E-state index contributed by atoms with van der Waals surface area (Å²) in [7, 11) is 1.58. The van der Waals surface area contributed by atoms with Crippen molar-refractivity contribution in [3.63, 3.8) is 0 Å². The predicted octanol–water partition coefficient (Wildman–Crippen LogP) is 2.93. The van der Waals surface area contributed by atoms with E-state index >= 15 is 0 Å². The molecule has 2 N–H and O–H groups in total. The van der Waals surface area contributed by atoms with Crippen LogP contribution in [0.25, 0.3) is 0 Å². The molecule has 0 unspecified atom stereocenters. The molecule has 0 atom stereocenters. The molecule has 0 saturated heterocycles. The van der Waals surface area contributed by atoms with Crippen molar-refractivity contribution in [2.24, 2.45) is 5.41 Å². The van der Waals surface area contributed by atoms with Gasteiger partial charge >= 0.3 is 5.97 Å². The molecule has 0 heterocycles. The van der Waals surface area contributed by atoms with Crippen molar-refractivity contribution in [1.29, 1.82) is 0 Å². The van der Waals surface area contributed by atoms with Crippen LogP contribution in [-0.2, 0) is 4.79 Å². The highest BCUT2D eigenvalue weighted by Gasteiger charge is 2.50. The van der Waals surface area contributed by atoms with Crippen LogP contribution in [0.5, 0.6) is 5.75 Å². The Hall–Kier alpha value is -1.42. The lowest BCUT2D eigenvalue weighted by molar-refractivity contribution is -0.142. The Morgan fingerprint density at radius 3 is 2.72 bits per heavy atom. The molecule has 5 heteroatoms. The van der Waals surface area contributed by atoms with Crippen LogP contribution in [0.4, 0.5) is 5.69 Å². The third-order valence-corrected chi connectivity index (χ3v) is 3.81. The number of anilines is 1. The molecule has 1 saturated carbocycles. The fourth-order valence-corrected chi connectivity index (χ4v) is 2.01. The summed E-state index contributed by atoms with van der Waals surface area (Å²) in [6.07, 6.45) is 1.44. The van der Waals surface area contributed by atoms with Crippen molar-refractivity contribution in [2.75, 3.05) is 19.0 Å². The molecule has 0 aromatic heterocycles. The zero-order valence-corrected chi connectivity index (χ0v) is 11.2. The first kappa shape index (κ1) is 13.0. The maximum atomic E-state index is 11.1. The average Bonchev–Trinajstić information content (AvgIpc) is 3.11. The smallest absolute Gasteiger partial charge is 0.311 e. The third-order valence-electron chi connectivity index (χ3n) is 3.41. The van der Waals surface area contributed by atoms with Gasteiger partial charge in [0.05, 0.1) is 18.2 Å². The van der Waals surface area contributed by atoms with Crippen LogP contribution in [0, 0.1) is 12.3 Å². The first-order valence-electron chi connectivity index (χ1n) is 5.80. The molecule has 0 radical (unpaired) electrons. The Balaban J connectivity index is 2.14. The summed E-state index contributed by atoms with van der Waals surface area (Å²) >= 11 is 6.06. The van der Waals surface area contributed by atoms with Gasteiger partial charge in [0.25, 0.3) is 0 Å².